The van der Waals surface area contributed by atoms with Gasteiger partial charge in [0, 0.05) is 14.2 Å². The van der Waals surface area contributed by atoms with Gasteiger partial charge in [-0.2, -0.15) is 0 Å². The van der Waals surface area contributed by atoms with Gasteiger partial charge < -0.3 is 14.6 Å². The Kier molecular flexibility index (Phi) is 8.40. The van der Waals surface area contributed by atoms with Crippen molar-refractivity contribution in [2.45, 2.75) is 25.4 Å². The number of sulfonamides is 1. The summed E-state index contributed by atoms with van der Waals surface area (Å²) in [5.74, 6) is -0.991. The molecule has 0 saturated carbocycles. The van der Waals surface area contributed by atoms with E-state index < -0.39 is 22.1 Å². The molecule has 0 fully saturated rings. The van der Waals surface area contributed by atoms with Gasteiger partial charge in [-0.1, -0.05) is 37.3 Å². The first-order valence-electron chi connectivity index (χ1n) is 9.61. The Morgan fingerprint density at radius 1 is 1.10 bits per heavy atom. The van der Waals surface area contributed by atoms with Gasteiger partial charge in [0.1, 0.15) is 0 Å². The van der Waals surface area contributed by atoms with Crippen molar-refractivity contribution in [2.75, 3.05) is 37.9 Å². The van der Waals surface area contributed by atoms with E-state index in [1.807, 2.05) is 30.3 Å². The van der Waals surface area contributed by atoms with Gasteiger partial charge in [0.25, 0.3) is 0 Å². The minimum atomic E-state index is -3.55. The molecule has 0 spiro atoms. The molecule has 2 rings (SSSR count). The number of rotatable bonds is 11. The van der Waals surface area contributed by atoms with Crippen LogP contribution in [0.4, 0.5) is 5.69 Å². The van der Waals surface area contributed by atoms with E-state index in [4.69, 9.17) is 9.47 Å². The summed E-state index contributed by atoms with van der Waals surface area (Å²) >= 11 is 0. The Hall–Kier alpha value is -2.42. The molecule has 30 heavy (non-hydrogen) atoms. The van der Waals surface area contributed by atoms with Gasteiger partial charge in [-0.25, -0.2) is 13.2 Å². The monoisotopic (exact) mass is 435 g/mol. The zero-order chi connectivity index (χ0) is 22.3. The average Bonchev–Trinajstić information content (AvgIpc) is 2.72. The van der Waals surface area contributed by atoms with Crippen LogP contribution in [-0.2, 0) is 19.5 Å². The van der Waals surface area contributed by atoms with Crippen LogP contribution < -0.4 is 4.31 Å². The van der Waals surface area contributed by atoms with E-state index >= 15 is 0 Å². The van der Waals surface area contributed by atoms with Crippen LogP contribution in [0, 0.1) is 0 Å². The summed E-state index contributed by atoms with van der Waals surface area (Å²) in [7, 11) is -0.573. The highest BCUT2D eigenvalue weighted by Gasteiger charge is 2.22. The van der Waals surface area contributed by atoms with Gasteiger partial charge in [0.2, 0.25) is 10.0 Å². The molecule has 0 aliphatic carbocycles. The molecule has 0 bridgehead atoms. The van der Waals surface area contributed by atoms with Gasteiger partial charge in [-0.15, -0.1) is 0 Å². The normalized spacial score (nSPS) is 13.6. The minimum Gasteiger partial charge on any atom is -0.478 e. The van der Waals surface area contributed by atoms with Crippen LogP contribution in [0.25, 0.3) is 0 Å². The first-order chi connectivity index (χ1) is 14.1. The molecule has 0 aromatic heterocycles. The highest BCUT2D eigenvalue weighted by atomic mass is 32.2. The second-order valence-electron chi connectivity index (χ2n) is 7.25. The van der Waals surface area contributed by atoms with E-state index in [-0.39, 0.29) is 17.2 Å². The van der Waals surface area contributed by atoms with Gasteiger partial charge >= 0.3 is 5.97 Å². The molecule has 2 aromatic carbocycles. The number of hydrogen-bond donors (Lipinski definition) is 1. The molecule has 1 unspecified atom stereocenters. The predicted molar refractivity (Wildman–Crippen MR) is 117 cm³/mol. The van der Waals surface area contributed by atoms with Crippen LogP contribution in [0.15, 0.2) is 48.5 Å². The standard InChI is InChI=1S/C22H29NO6S/c1-16(17-8-6-5-7-9-17)12-21(29-11-10-28-3)18-13-19(22(24)25)15-20(14-18)23(2)30(4,26)27/h5-9,13-16,21H,10-12H2,1-4H3,(H,24,25)/t16-,21?/m1/s1. The summed E-state index contributed by atoms with van der Waals surface area (Å²) in [6.45, 7) is 2.80. The van der Waals surface area contributed by atoms with E-state index in [0.29, 0.717) is 25.2 Å². The lowest BCUT2D eigenvalue weighted by Crippen LogP contribution is -2.25. The fourth-order valence-electron chi connectivity index (χ4n) is 3.13. The molecular formula is C22H29NO6S. The van der Waals surface area contributed by atoms with Crippen molar-refractivity contribution >= 4 is 21.7 Å². The SMILES string of the molecule is COCCOC(C[C@@H](C)c1ccccc1)c1cc(C(=O)O)cc(N(C)S(C)(=O)=O)c1. The number of aromatic carboxylic acids is 1. The number of ether oxygens (including phenoxy) is 2. The molecule has 0 saturated heterocycles. The fraction of sp³-hybridized carbons (Fsp3) is 0.409. The van der Waals surface area contributed by atoms with Crippen LogP contribution >= 0.6 is 0 Å². The van der Waals surface area contributed by atoms with E-state index in [9.17, 15) is 18.3 Å². The summed E-state index contributed by atoms with van der Waals surface area (Å²) < 4.78 is 36.2. The lowest BCUT2D eigenvalue weighted by Gasteiger charge is -2.25. The maximum absolute atomic E-state index is 12.0. The Balaban J connectivity index is 2.44. The molecule has 2 atom stereocenters. The van der Waals surface area contributed by atoms with Gasteiger partial charge in [-0.3, -0.25) is 4.31 Å². The lowest BCUT2D eigenvalue weighted by atomic mass is 9.91. The Morgan fingerprint density at radius 3 is 2.33 bits per heavy atom. The molecular weight excluding hydrogens is 406 g/mol. The molecule has 2 aromatic rings. The summed E-state index contributed by atoms with van der Waals surface area (Å²) in [4.78, 5) is 11.7. The van der Waals surface area contributed by atoms with Crippen LogP contribution in [0.2, 0.25) is 0 Å². The van der Waals surface area contributed by atoms with Crippen LogP contribution in [0.1, 0.15) is 46.9 Å². The molecule has 1 N–H and O–H groups in total. The first kappa shape index (κ1) is 23.9. The average molecular weight is 436 g/mol. The predicted octanol–water partition coefficient (Wildman–Crippen LogP) is 3.68. The van der Waals surface area contributed by atoms with E-state index in [0.717, 1.165) is 16.1 Å². The van der Waals surface area contributed by atoms with E-state index in [2.05, 4.69) is 6.92 Å². The van der Waals surface area contributed by atoms with E-state index in [1.165, 1.54) is 19.2 Å². The molecule has 8 heteroatoms. The number of carboxylic acid groups (broad SMARTS) is 1. The molecule has 0 radical (unpaired) electrons. The van der Waals surface area contributed by atoms with Crippen molar-refractivity contribution in [3.8, 4) is 0 Å². The van der Waals surface area contributed by atoms with Crippen LogP contribution in [0.3, 0.4) is 0 Å². The van der Waals surface area contributed by atoms with Crippen LogP contribution in [0.5, 0.6) is 0 Å². The number of carboxylic acids is 1. The quantitative estimate of drug-likeness (QED) is 0.541. The van der Waals surface area contributed by atoms with Crippen LogP contribution in [-0.4, -0.2) is 53.1 Å². The molecule has 0 heterocycles. The van der Waals surface area contributed by atoms with Crippen molar-refractivity contribution in [1.82, 2.24) is 0 Å². The maximum atomic E-state index is 12.0. The molecule has 0 amide bonds. The minimum absolute atomic E-state index is 0.00528. The molecule has 7 nitrogen and oxygen atoms in total. The third kappa shape index (κ3) is 6.55. The molecule has 0 aliphatic heterocycles. The van der Waals surface area contributed by atoms with Gasteiger partial charge in [-0.05, 0) is 41.7 Å². The zero-order valence-electron chi connectivity index (χ0n) is 17.7. The molecule has 0 aliphatic rings. The topological polar surface area (TPSA) is 93.1 Å². The highest BCUT2D eigenvalue weighted by molar-refractivity contribution is 7.92. The lowest BCUT2D eigenvalue weighted by molar-refractivity contribution is 0.00930. The summed E-state index contributed by atoms with van der Waals surface area (Å²) in [5, 5.41) is 9.55. The Labute approximate surface area is 178 Å². The fourth-order valence-corrected chi connectivity index (χ4v) is 3.62. The number of benzene rings is 2. The third-order valence-corrected chi connectivity index (χ3v) is 6.17. The second-order valence-corrected chi connectivity index (χ2v) is 9.26. The Bertz CT molecular complexity index is 945. The Morgan fingerprint density at radius 2 is 1.77 bits per heavy atom. The van der Waals surface area contributed by atoms with E-state index in [1.54, 1.807) is 13.2 Å². The van der Waals surface area contributed by atoms with Gasteiger partial charge in [0.15, 0.2) is 0 Å². The van der Waals surface area contributed by atoms with Crippen molar-refractivity contribution in [1.29, 1.82) is 0 Å². The summed E-state index contributed by atoms with van der Waals surface area (Å²) in [5.41, 5.74) is 2.03. The van der Waals surface area contributed by atoms with Gasteiger partial charge in [0.05, 0.1) is 36.8 Å². The number of methoxy groups -OCH3 is 1. The van der Waals surface area contributed by atoms with Crippen molar-refractivity contribution in [2.24, 2.45) is 0 Å². The highest BCUT2D eigenvalue weighted by Crippen LogP contribution is 2.33. The maximum Gasteiger partial charge on any atom is 0.335 e. The third-order valence-electron chi connectivity index (χ3n) is 4.96. The number of carbonyl (C=O) groups is 1. The van der Waals surface area contributed by atoms with Crippen molar-refractivity contribution < 1.29 is 27.8 Å². The number of nitrogens with zero attached hydrogens (tertiary/aromatic N) is 1. The second kappa shape index (κ2) is 10.6. The summed E-state index contributed by atoms with van der Waals surface area (Å²) in [6.07, 6.45) is 1.24. The van der Waals surface area contributed by atoms with Crippen molar-refractivity contribution in [3.05, 3.63) is 65.2 Å². The summed E-state index contributed by atoms with van der Waals surface area (Å²) in [6, 6.07) is 14.5. The largest absolute Gasteiger partial charge is 0.478 e. The smallest absolute Gasteiger partial charge is 0.335 e. The number of anilines is 1. The first-order valence-corrected chi connectivity index (χ1v) is 11.5. The number of hydrogen-bond acceptors (Lipinski definition) is 5. The zero-order valence-corrected chi connectivity index (χ0v) is 18.6. The van der Waals surface area contributed by atoms with Crippen molar-refractivity contribution in [3.63, 3.8) is 0 Å². The molecule has 164 valence electrons.